The van der Waals surface area contributed by atoms with Gasteiger partial charge >= 0.3 is 0 Å². The Morgan fingerprint density at radius 1 is 1.30 bits per heavy atom. The Morgan fingerprint density at radius 2 is 2.09 bits per heavy atom. The third-order valence-electron chi connectivity index (χ3n) is 4.49. The number of carbonyl (C=O) groups excluding carboxylic acids is 2. The highest BCUT2D eigenvalue weighted by molar-refractivity contribution is 6.13. The SMILES string of the molecule is COc1ccccc1NC(=O)C1(C(=O)NCC2CCCO2)CC1. The topological polar surface area (TPSA) is 76.7 Å². The summed E-state index contributed by atoms with van der Waals surface area (Å²) in [5.74, 6) is 0.101. The van der Waals surface area contributed by atoms with Crippen molar-refractivity contribution in [2.24, 2.45) is 5.41 Å². The van der Waals surface area contributed by atoms with Crippen molar-refractivity contribution in [2.75, 3.05) is 25.6 Å². The number of benzene rings is 1. The van der Waals surface area contributed by atoms with Crippen LogP contribution in [0.15, 0.2) is 24.3 Å². The highest BCUT2D eigenvalue weighted by Gasteiger charge is 2.56. The molecule has 0 spiro atoms. The highest BCUT2D eigenvalue weighted by Crippen LogP contribution is 2.47. The smallest absolute Gasteiger partial charge is 0.240 e. The molecule has 6 nitrogen and oxygen atoms in total. The Hall–Kier alpha value is -2.08. The second-order valence-electron chi connectivity index (χ2n) is 6.08. The Labute approximate surface area is 135 Å². The average Bonchev–Trinajstić information content (AvgIpc) is 3.23. The van der Waals surface area contributed by atoms with E-state index >= 15 is 0 Å². The van der Waals surface area contributed by atoms with Crippen molar-refractivity contribution < 1.29 is 19.1 Å². The van der Waals surface area contributed by atoms with Gasteiger partial charge in [0.25, 0.3) is 0 Å². The predicted molar refractivity (Wildman–Crippen MR) is 85.3 cm³/mol. The molecule has 1 saturated heterocycles. The summed E-state index contributed by atoms with van der Waals surface area (Å²) in [6, 6.07) is 7.18. The van der Waals surface area contributed by atoms with Gasteiger partial charge in [-0.2, -0.15) is 0 Å². The zero-order valence-corrected chi connectivity index (χ0v) is 13.3. The van der Waals surface area contributed by atoms with Crippen LogP contribution in [0.5, 0.6) is 5.75 Å². The van der Waals surface area contributed by atoms with Crippen LogP contribution >= 0.6 is 0 Å². The summed E-state index contributed by atoms with van der Waals surface area (Å²) in [5.41, 5.74) is -0.363. The third-order valence-corrected chi connectivity index (χ3v) is 4.49. The van der Waals surface area contributed by atoms with Crippen LogP contribution in [-0.4, -0.2) is 38.2 Å². The van der Waals surface area contributed by atoms with Crippen LogP contribution in [0, 0.1) is 5.41 Å². The molecule has 1 saturated carbocycles. The summed E-state index contributed by atoms with van der Waals surface area (Å²) in [6.07, 6.45) is 3.21. The Morgan fingerprint density at radius 3 is 2.74 bits per heavy atom. The maximum absolute atomic E-state index is 12.5. The molecule has 1 heterocycles. The van der Waals surface area contributed by atoms with Crippen LogP contribution in [0.2, 0.25) is 0 Å². The number of anilines is 1. The van der Waals surface area contributed by atoms with Gasteiger partial charge in [0.05, 0.1) is 18.9 Å². The fraction of sp³-hybridized carbons (Fsp3) is 0.529. The standard InChI is InChI=1S/C17H22N2O4/c1-22-14-7-3-2-6-13(14)19-16(21)17(8-9-17)15(20)18-11-12-5-4-10-23-12/h2-3,6-7,12H,4-5,8-11H2,1H3,(H,18,20)(H,19,21). The fourth-order valence-corrected chi connectivity index (χ4v) is 2.85. The van der Waals surface area contributed by atoms with E-state index in [1.165, 1.54) is 0 Å². The van der Waals surface area contributed by atoms with E-state index in [1.54, 1.807) is 19.2 Å². The molecule has 1 unspecified atom stereocenters. The van der Waals surface area contributed by atoms with Crippen LogP contribution in [0.25, 0.3) is 0 Å². The summed E-state index contributed by atoms with van der Waals surface area (Å²) in [6.45, 7) is 1.22. The van der Waals surface area contributed by atoms with Crippen molar-refractivity contribution >= 4 is 17.5 Å². The number of rotatable bonds is 6. The molecule has 2 amide bonds. The molecule has 2 aliphatic rings. The molecule has 2 N–H and O–H groups in total. The van der Waals surface area contributed by atoms with Crippen LogP contribution in [0.3, 0.4) is 0 Å². The maximum Gasteiger partial charge on any atom is 0.240 e. The van der Waals surface area contributed by atoms with Crippen molar-refractivity contribution in [1.29, 1.82) is 0 Å². The molecule has 124 valence electrons. The second kappa shape index (κ2) is 6.58. The van der Waals surface area contributed by atoms with Crippen molar-refractivity contribution in [3.8, 4) is 5.75 Å². The number of ether oxygens (including phenoxy) is 2. The molecule has 0 aromatic heterocycles. The highest BCUT2D eigenvalue weighted by atomic mass is 16.5. The molecular formula is C17H22N2O4. The quantitative estimate of drug-likeness (QED) is 0.783. The van der Waals surface area contributed by atoms with E-state index in [2.05, 4.69) is 10.6 Å². The monoisotopic (exact) mass is 318 g/mol. The van der Waals surface area contributed by atoms with Gasteiger partial charge in [0.15, 0.2) is 0 Å². The summed E-state index contributed by atoms with van der Waals surface area (Å²) in [5, 5.41) is 5.68. The van der Waals surface area contributed by atoms with Crippen molar-refractivity contribution in [3.63, 3.8) is 0 Å². The van der Waals surface area contributed by atoms with Gasteiger partial charge in [-0.25, -0.2) is 0 Å². The van der Waals surface area contributed by atoms with E-state index in [-0.39, 0.29) is 17.9 Å². The van der Waals surface area contributed by atoms with E-state index in [0.29, 0.717) is 30.8 Å². The molecule has 23 heavy (non-hydrogen) atoms. The van der Waals surface area contributed by atoms with Gasteiger partial charge in [0.1, 0.15) is 11.2 Å². The fourth-order valence-electron chi connectivity index (χ4n) is 2.85. The zero-order valence-electron chi connectivity index (χ0n) is 13.3. The lowest BCUT2D eigenvalue weighted by atomic mass is 10.0. The Balaban J connectivity index is 1.60. The Kier molecular flexibility index (Phi) is 4.52. The lowest BCUT2D eigenvalue weighted by molar-refractivity contribution is -0.134. The molecule has 1 aliphatic carbocycles. The van der Waals surface area contributed by atoms with E-state index in [9.17, 15) is 9.59 Å². The van der Waals surface area contributed by atoms with E-state index in [1.807, 2.05) is 12.1 Å². The summed E-state index contributed by atoms with van der Waals surface area (Å²) < 4.78 is 10.7. The summed E-state index contributed by atoms with van der Waals surface area (Å²) >= 11 is 0. The van der Waals surface area contributed by atoms with Gasteiger partial charge in [-0.05, 0) is 37.8 Å². The van der Waals surface area contributed by atoms with Gasteiger partial charge in [-0.3, -0.25) is 9.59 Å². The van der Waals surface area contributed by atoms with Crippen LogP contribution in [-0.2, 0) is 14.3 Å². The number of para-hydroxylation sites is 2. The molecule has 0 bridgehead atoms. The zero-order chi connectivity index (χ0) is 16.3. The van der Waals surface area contributed by atoms with Crippen molar-refractivity contribution in [2.45, 2.75) is 31.8 Å². The predicted octanol–water partition coefficient (Wildman–Crippen LogP) is 1.71. The third kappa shape index (κ3) is 3.32. The first-order chi connectivity index (χ1) is 11.2. The van der Waals surface area contributed by atoms with Crippen LogP contribution in [0.1, 0.15) is 25.7 Å². The minimum atomic E-state index is -0.945. The number of hydrogen-bond donors (Lipinski definition) is 2. The second-order valence-corrected chi connectivity index (χ2v) is 6.08. The largest absolute Gasteiger partial charge is 0.495 e. The summed E-state index contributed by atoms with van der Waals surface area (Å²) in [4.78, 5) is 25.0. The number of nitrogens with one attached hydrogen (secondary N) is 2. The first kappa shape index (κ1) is 15.8. The van der Waals surface area contributed by atoms with E-state index < -0.39 is 5.41 Å². The minimum Gasteiger partial charge on any atom is -0.495 e. The molecular weight excluding hydrogens is 296 g/mol. The first-order valence-electron chi connectivity index (χ1n) is 8.00. The molecule has 6 heteroatoms. The number of hydrogen-bond acceptors (Lipinski definition) is 4. The number of methoxy groups -OCH3 is 1. The van der Waals surface area contributed by atoms with Gasteiger partial charge < -0.3 is 20.1 Å². The van der Waals surface area contributed by atoms with E-state index in [0.717, 1.165) is 19.4 Å². The summed E-state index contributed by atoms with van der Waals surface area (Å²) in [7, 11) is 1.55. The maximum atomic E-state index is 12.5. The average molecular weight is 318 g/mol. The molecule has 0 radical (unpaired) electrons. The van der Waals surface area contributed by atoms with Crippen LogP contribution in [0.4, 0.5) is 5.69 Å². The normalized spacial score (nSPS) is 21.5. The van der Waals surface area contributed by atoms with Gasteiger partial charge in [-0.1, -0.05) is 12.1 Å². The lowest BCUT2D eigenvalue weighted by Crippen LogP contribution is -2.42. The number of amides is 2. The minimum absolute atomic E-state index is 0.0760. The van der Waals surface area contributed by atoms with Crippen molar-refractivity contribution in [1.82, 2.24) is 5.32 Å². The molecule has 1 aromatic rings. The first-order valence-corrected chi connectivity index (χ1v) is 8.00. The Bertz CT molecular complexity index is 592. The number of carbonyl (C=O) groups is 2. The van der Waals surface area contributed by atoms with Crippen molar-refractivity contribution in [3.05, 3.63) is 24.3 Å². The molecule has 3 rings (SSSR count). The van der Waals surface area contributed by atoms with Crippen LogP contribution < -0.4 is 15.4 Å². The molecule has 1 atom stereocenters. The van der Waals surface area contributed by atoms with Gasteiger partial charge in [0, 0.05) is 13.2 Å². The van der Waals surface area contributed by atoms with Gasteiger partial charge in [-0.15, -0.1) is 0 Å². The molecule has 1 aliphatic heterocycles. The molecule has 2 fully saturated rings. The lowest BCUT2D eigenvalue weighted by Gasteiger charge is -2.18. The molecule has 1 aromatic carbocycles. The van der Waals surface area contributed by atoms with Gasteiger partial charge in [0.2, 0.25) is 11.8 Å². The van der Waals surface area contributed by atoms with E-state index in [4.69, 9.17) is 9.47 Å².